The highest BCUT2D eigenvalue weighted by Gasteiger charge is 2.26. The van der Waals surface area contributed by atoms with Crippen LogP contribution in [0.2, 0.25) is 0 Å². The molecule has 0 unspecified atom stereocenters. The third-order valence-electron chi connectivity index (χ3n) is 5.81. The minimum atomic E-state index is -3.78. The highest BCUT2D eigenvalue weighted by atomic mass is 32.2. The van der Waals surface area contributed by atoms with Gasteiger partial charge < -0.3 is 21.1 Å². The molecule has 1 saturated carbocycles. The molecule has 3 aromatic rings. The van der Waals surface area contributed by atoms with Crippen molar-refractivity contribution in [2.75, 3.05) is 11.1 Å². The molecule has 4 N–H and O–H groups in total. The minimum absolute atomic E-state index is 0.0554. The third kappa shape index (κ3) is 5.11. The van der Waals surface area contributed by atoms with Gasteiger partial charge in [-0.1, -0.05) is 18.2 Å². The van der Waals surface area contributed by atoms with Crippen LogP contribution in [0.1, 0.15) is 46.5 Å². The maximum Gasteiger partial charge on any atom is 0.407 e. The number of carbonyl (C=O) groups excluding carboxylic acids is 1. The highest BCUT2D eigenvalue weighted by molar-refractivity contribution is 7.90. The Morgan fingerprint density at radius 1 is 1.09 bits per heavy atom. The molecule has 1 aliphatic carbocycles. The van der Waals surface area contributed by atoms with Gasteiger partial charge in [-0.15, -0.1) is 0 Å². The molecule has 2 aromatic heterocycles. The smallest absolute Gasteiger partial charge is 0.407 e. The van der Waals surface area contributed by atoms with Crippen LogP contribution in [0, 0.1) is 0 Å². The Bertz CT molecular complexity index is 1270. The number of alkyl carbamates (subject to hydrolysis) is 1. The Morgan fingerprint density at radius 2 is 1.74 bits per heavy atom. The van der Waals surface area contributed by atoms with Gasteiger partial charge in [-0.3, -0.25) is 0 Å². The van der Waals surface area contributed by atoms with Gasteiger partial charge in [0.2, 0.25) is 0 Å². The number of nitrogens with two attached hydrogens (primary N) is 1. The number of anilines is 2. The molecule has 1 aromatic carbocycles. The van der Waals surface area contributed by atoms with E-state index in [-0.39, 0.29) is 17.0 Å². The number of nitrogens with one attached hydrogen (secondary N) is 2. The van der Waals surface area contributed by atoms with E-state index in [1.54, 1.807) is 36.4 Å². The maximum absolute atomic E-state index is 13.1. The molecule has 10 heteroatoms. The molecule has 34 heavy (non-hydrogen) atoms. The van der Waals surface area contributed by atoms with Gasteiger partial charge in [-0.2, -0.15) is 0 Å². The van der Waals surface area contributed by atoms with Crippen LogP contribution in [0.5, 0.6) is 0 Å². The predicted octanol–water partition coefficient (Wildman–Crippen LogP) is 4.10. The number of benzene rings is 1. The summed E-state index contributed by atoms with van der Waals surface area (Å²) in [5.74, 6) is 0. The van der Waals surface area contributed by atoms with Gasteiger partial charge in [-0.25, -0.2) is 22.2 Å². The summed E-state index contributed by atoms with van der Waals surface area (Å²) in [7, 11) is -3.78. The van der Waals surface area contributed by atoms with Crippen molar-refractivity contribution in [1.82, 2.24) is 14.3 Å². The van der Waals surface area contributed by atoms with Crippen LogP contribution in [0.4, 0.5) is 16.2 Å². The van der Waals surface area contributed by atoms with Gasteiger partial charge >= 0.3 is 6.09 Å². The van der Waals surface area contributed by atoms with Crippen molar-refractivity contribution in [2.24, 2.45) is 0 Å². The zero-order valence-corrected chi connectivity index (χ0v) is 20.4. The Morgan fingerprint density at radius 3 is 2.38 bits per heavy atom. The van der Waals surface area contributed by atoms with Gasteiger partial charge in [-0.05, 0) is 64.7 Å². The standard InChI is InChI=1S/C24H31N5O4S/c1-24(2,3)33-23(30)28-17-11-9-16(10-12-17)27-21-19-13-14-29(22(19)26-15-20(21)25)34(31,32)18-7-5-4-6-8-18/h4-8,13-17H,9-12,25H2,1-3H3,(H,26,27)(H,28,30)/t16-,17-. The number of hydrogen-bond donors (Lipinski definition) is 3. The number of amides is 1. The lowest BCUT2D eigenvalue weighted by Crippen LogP contribution is -2.42. The van der Waals surface area contributed by atoms with Crippen LogP contribution in [0.3, 0.4) is 0 Å². The number of fused-ring (bicyclic) bond motifs is 1. The summed E-state index contributed by atoms with van der Waals surface area (Å²) in [6.07, 6.45) is 5.84. The van der Waals surface area contributed by atoms with Crippen LogP contribution < -0.4 is 16.4 Å². The monoisotopic (exact) mass is 485 g/mol. The van der Waals surface area contributed by atoms with E-state index in [2.05, 4.69) is 15.6 Å². The Balaban J connectivity index is 1.49. The number of nitrogens with zero attached hydrogens (tertiary/aromatic N) is 2. The van der Waals surface area contributed by atoms with Gasteiger partial charge in [0, 0.05) is 23.7 Å². The van der Waals surface area contributed by atoms with Crippen molar-refractivity contribution in [3.63, 3.8) is 0 Å². The van der Waals surface area contributed by atoms with Crippen LogP contribution in [-0.4, -0.2) is 41.2 Å². The Labute approximate surface area is 199 Å². The van der Waals surface area contributed by atoms with E-state index in [1.165, 1.54) is 16.4 Å². The van der Waals surface area contributed by atoms with E-state index in [9.17, 15) is 13.2 Å². The van der Waals surface area contributed by atoms with Crippen LogP contribution in [-0.2, 0) is 14.8 Å². The second-order valence-electron chi connectivity index (χ2n) is 9.59. The molecule has 1 fully saturated rings. The van der Waals surface area contributed by atoms with Gasteiger partial charge in [0.25, 0.3) is 10.0 Å². The lowest BCUT2D eigenvalue weighted by Gasteiger charge is -2.31. The maximum atomic E-state index is 13.1. The van der Waals surface area contributed by atoms with Gasteiger partial charge in [0.15, 0.2) is 5.65 Å². The van der Waals surface area contributed by atoms with E-state index in [4.69, 9.17) is 10.5 Å². The summed E-state index contributed by atoms with van der Waals surface area (Å²) >= 11 is 0. The van der Waals surface area contributed by atoms with Crippen LogP contribution in [0.25, 0.3) is 11.0 Å². The fraction of sp³-hybridized carbons (Fsp3) is 0.417. The van der Waals surface area contributed by atoms with Crippen molar-refractivity contribution in [3.8, 4) is 0 Å². The summed E-state index contributed by atoms with van der Waals surface area (Å²) < 4.78 is 32.8. The second-order valence-corrected chi connectivity index (χ2v) is 11.4. The van der Waals surface area contributed by atoms with Gasteiger partial charge in [0.05, 0.1) is 22.5 Å². The minimum Gasteiger partial charge on any atom is -0.444 e. The summed E-state index contributed by atoms with van der Waals surface area (Å²) in [6, 6.07) is 10.2. The molecular weight excluding hydrogens is 454 g/mol. The van der Waals surface area contributed by atoms with Crippen LogP contribution in [0.15, 0.2) is 53.7 Å². The largest absolute Gasteiger partial charge is 0.444 e. The number of hydrogen-bond acceptors (Lipinski definition) is 7. The molecule has 0 atom stereocenters. The number of nitrogen functional groups attached to an aromatic ring is 1. The molecule has 1 aliphatic rings. The van der Waals surface area contributed by atoms with Crippen molar-refractivity contribution in [3.05, 3.63) is 48.8 Å². The van der Waals surface area contributed by atoms with Gasteiger partial charge in [0.1, 0.15) is 5.60 Å². The average Bonchev–Trinajstić information content (AvgIpc) is 3.21. The molecular formula is C24H31N5O4S. The number of aromatic nitrogens is 2. The fourth-order valence-electron chi connectivity index (χ4n) is 4.20. The van der Waals surface area contributed by atoms with Crippen molar-refractivity contribution >= 4 is 38.5 Å². The summed E-state index contributed by atoms with van der Waals surface area (Å²) in [6.45, 7) is 5.52. The van der Waals surface area contributed by atoms with Crippen molar-refractivity contribution in [2.45, 2.75) is 69.0 Å². The van der Waals surface area contributed by atoms with E-state index in [1.807, 2.05) is 20.8 Å². The van der Waals surface area contributed by atoms with Crippen molar-refractivity contribution in [1.29, 1.82) is 0 Å². The van der Waals surface area contributed by atoms with E-state index >= 15 is 0 Å². The molecule has 0 spiro atoms. The van der Waals surface area contributed by atoms with Crippen LogP contribution >= 0.6 is 0 Å². The first-order valence-electron chi connectivity index (χ1n) is 11.4. The number of carbonyl (C=O) groups is 1. The predicted molar refractivity (Wildman–Crippen MR) is 132 cm³/mol. The molecule has 2 heterocycles. The fourth-order valence-corrected chi connectivity index (χ4v) is 5.52. The lowest BCUT2D eigenvalue weighted by molar-refractivity contribution is 0.0492. The molecule has 9 nitrogen and oxygen atoms in total. The molecule has 182 valence electrons. The zero-order chi connectivity index (χ0) is 24.5. The average molecular weight is 486 g/mol. The summed E-state index contributed by atoms with van der Waals surface area (Å²) in [4.78, 5) is 16.6. The Hall–Kier alpha value is -3.27. The first-order valence-corrected chi connectivity index (χ1v) is 12.8. The molecule has 0 saturated heterocycles. The quantitative estimate of drug-likeness (QED) is 0.496. The molecule has 0 bridgehead atoms. The van der Waals surface area contributed by atoms with E-state index in [0.717, 1.165) is 25.7 Å². The lowest BCUT2D eigenvalue weighted by atomic mass is 9.91. The SMILES string of the molecule is CC(C)(C)OC(=O)N[C@H]1CC[C@H](Nc2c(N)cnc3c2ccn3S(=O)(=O)c2ccccc2)CC1. The number of ether oxygens (including phenoxy) is 1. The summed E-state index contributed by atoms with van der Waals surface area (Å²) in [5, 5.41) is 7.08. The topological polar surface area (TPSA) is 128 Å². The van der Waals surface area contributed by atoms with E-state index < -0.39 is 21.7 Å². The highest BCUT2D eigenvalue weighted by Crippen LogP contribution is 2.33. The normalized spacial score (nSPS) is 19.0. The molecule has 1 amide bonds. The molecule has 0 aliphatic heterocycles. The number of rotatable bonds is 5. The molecule has 4 rings (SSSR count). The number of pyridine rings is 1. The zero-order valence-electron chi connectivity index (χ0n) is 19.6. The second kappa shape index (κ2) is 9.17. The summed E-state index contributed by atoms with van der Waals surface area (Å²) in [5.41, 5.74) is 7.15. The first-order chi connectivity index (χ1) is 16.0. The van der Waals surface area contributed by atoms with Crippen molar-refractivity contribution < 1.29 is 17.9 Å². The first kappa shape index (κ1) is 23.9. The Kier molecular flexibility index (Phi) is 6.44. The third-order valence-corrected chi connectivity index (χ3v) is 7.49. The molecule has 0 radical (unpaired) electrons. The van der Waals surface area contributed by atoms with E-state index in [0.29, 0.717) is 22.4 Å².